The molecule has 0 aliphatic heterocycles. The highest BCUT2D eigenvalue weighted by atomic mass is 16.2. The normalized spacial score (nSPS) is 10.3. The van der Waals surface area contributed by atoms with Gasteiger partial charge in [-0.2, -0.15) is 0 Å². The summed E-state index contributed by atoms with van der Waals surface area (Å²) in [7, 11) is 1.86. The molecule has 0 aromatic heterocycles. The number of nitrogens with zero attached hydrogens (tertiary/aromatic N) is 1. The smallest absolute Gasteiger partial charge is 0.222 e. The third kappa shape index (κ3) is 4.57. The van der Waals surface area contributed by atoms with Crippen LogP contribution in [0.2, 0.25) is 0 Å². The number of carbonyl (C=O) groups excluding carboxylic acids is 1. The zero-order valence-electron chi connectivity index (χ0n) is 10.8. The van der Waals surface area contributed by atoms with Gasteiger partial charge in [0.15, 0.2) is 0 Å². The van der Waals surface area contributed by atoms with Crippen LogP contribution >= 0.6 is 0 Å². The van der Waals surface area contributed by atoms with Crippen molar-refractivity contribution in [2.24, 2.45) is 5.73 Å². The van der Waals surface area contributed by atoms with Gasteiger partial charge in [0.1, 0.15) is 0 Å². The van der Waals surface area contributed by atoms with Crippen molar-refractivity contribution < 1.29 is 4.79 Å². The van der Waals surface area contributed by atoms with Crippen LogP contribution in [0.1, 0.15) is 37.3 Å². The number of nitrogens with two attached hydrogens (primary N) is 1. The lowest BCUT2D eigenvalue weighted by molar-refractivity contribution is -0.130. The van der Waals surface area contributed by atoms with Crippen LogP contribution in [0.4, 0.5) is 0 Å². The van der Waals surface area contributed by atoms with Crippen molar-refractivity contribution in [3.05, 3.63) is 35.4 Å². The summed E-state index contributed by atoms with van der Waals surface area (Å²) in [6.45, 7) is 3.33. The van der Waals surface area contributed by atoms with Gasteiger partial charge < -0.3 is 10.6 Å². The molecule has 2 N–H and O–H groups in total. The van der Waals surface area contributed by atoms with Gasteiger partial charge >= 0.3 is 0 Å². The van der Waals surface area contributed by atoms with Gasteiger partial charge in [-0.1, -0.05) is 37.6 Å². The summed E-state index contributed by atoms with van der Waals surface area (Å²) in [5, 5.41) is 0. The van der Waals surface area contributed by atoms with E-state index in [0.717, 1.165) is 24.0 Å². The Bertz CT molecular complexity index is 346. The lowest BCUT2D eigenvalue weighted by Crippen LogP contribution is -2.25. The molecule has 1 amide bonds. The van der Waals surface area contributed by atoms with E-state index < -0.39 is 0 Å². The quantitative estimate of drug-likeness (QED) is 0.821. The molecule has 0 atom stereocenters. The van der Waals surface area contributed by atoms with E-state index in [9.17, 15) is 4.79 Å². The van der Waals surface area contributed by atoms with Crippen molar-refractivity contribution in [1.29, 1.82) is 0 Å². The fourth-order valence-electron chi connectivity index (χ4n) is 1.66. The molecule has 1 aromatic carbocycles. The third-order valence-electron chi connectivity index (χ3n) is 2.85. The molecule has 0 fully saturated rings. The molecular formula is C14H22N2O. The monoisotopic (exact) mass is 234 g/mol. The molecule has 0 spiro atoms. The predicted octanol–water partition coefficient (Wildman–Crippen LogP) is 2.29. The van der Waals surface area contributed by atoms with E-state index in [4.69, 9.17) is 5.73 Å². The lowest BCUT2D eigenvalue weighted by atomic mass is 10.1. The molecule has 0 aliphatic carbocycles. The molecule has 0 saturated carbocycles. The van der Waals surface area contributed by atoms with Crippen molar-refractivity contribution in [2.45, 2.75) is 39.3 Å². The van der Waals surface area contributed by atoms with Gasteiger partial charge in [-0.3, -0.25) is 4.79 Å². The highest BCUT2D eigenvalue weighted by molar-refractivity contribution is 5.75. The fraction of sp³-hybridized carbons (Fsp3) is 0.500. The Kier molecular flexibility index (Phi) is 5.70. The van der Waals surface area contributed by atoms with Gasteiger partial charge in [0.05, 0.1) is 0 Å². The van der Waals surface area contributed by atoms with E-state index in [1.807, 2.05) is 31.3 Å². The standard InChI is InChI=1S/C14H22N2O/c1-3-4-5-14(17)16(2)11-13-8-6-12(10-15)7-9-13/h6-9H,3-5,10-11,15H2,1-2H3. The Labute approximate surface area is 104 Å². The molecule has 0 aliphatic rings. The summed E-state index contributed by atoms with van der Waals surface area (Å²) in [6.07, 6.45) is 2.67. The number of benzene rings is 1. The average molecular weight is 234 g/mol. The second kappa shape index (κ2) is 7.07. The molecule has 0 heterocycles. The van der Waals surface area contributed by atoms with Gasteiger partial charge in [-0.25, -0.2) is 0 Å². The zero-order chi connectivity index (χ0) is 12.7. The minimum Gasteiger partial charge on any atom is -0.341 e. The second-order valence-electron chi connectivity index (χ2n) is 4.37. The first-order valence-corrected chi connectivity index (χ1v) is 6.19. The zero-order valence-corrected chi connectivity index (χ0v) is 10.8. The van der Waals surface area contributed by atoms with Gasteiger partial charge in [-0.05, 0) is 17.5 Å². The second-order valence-corrected chi connectivity index (χ2v) is 4.37. The summed E-state index contributed by atoms with van der Waals surface area (Å²) in [6, 6.07) is 8.09. The summed E-state index contributed by atoms with van der Waals surface area (Å²) in [5.41, 5.74) is 7.81. The maximum absolute atomic E-state index is 11.7. The fourth-order valence-corrected chi connectivity index (χ4v) is 1.66. The number of unbranched alkanes of at least 4 members (excludes halogenated alkanes) is 1. The first kappa shape index (κ1) is 13.7. The van der Waals surface area contributed by atoms with Crippen molar-refractivity contribution in [3.63, 3.8) is 0 Å². The van der Waals surface area contributed by atoms with Crippen molar-refractivity contribution in [3.8, 4) is 0 Å². The number of amides is 1. The lowest BCUT2D eigenvalue weighted by Gasteiger charge is -2.17. The summed E-state index contributed by atoms with van der Waals surface area (Å²) in [5.74, 6) is 0.217. The molecule has 3 nitrogen and oxygen atoms in total. The largest absolute Gasteiger partial charge is 0.341 e. The van der Waals surface area contributed by atoms with Gasteiger partial charge in [0.2, 0.25) is 5.91 Å². The van der Waals surface area contributed by atoms with E-state index in [-0.39, 0.29) is 5.91 Å². The molecule has 0 bridgehead atoms. The molecule has 0 unspecified atom stereocenters. The number of rotatable bonds is 6. The van der Waals surface area contributed by atoms with Gasteiger partial charge in [0.25, 0.3) is 0 Å². The molecular weight excluding hydrogens is 212 g/mol. The van der Waals surface area contributed by atoms with Crippen LogP contribution in [0, 0.1) is 0 Å². The van der Waals surface area contributed by atoms with Crippen LogP contribution in [0.3, 0.4) is 0 Å². The molecule has 0 saturated heterocycles. The van der Waals surface area contributed by atoms with E-state index in [2.05, 4.69) is 6.92 Å². The molecule has 17 heavy (non-hydrogen) atoms. The number of hydrogen-bond donors (Lipinski definition) is 1. The van der Waals surface area contributed by atoms with Crippen LogP contribution in [0.5, 0.6) is 0 Å². The summed E-state index contributed by atoms with van der Waals surface area (Å²) < 4.78 is 0. The van der Waals surface area contributed by atoms with Crippen molar-refractivity contribution >= 4 is 5.91 Å². The number of hydrogen-bond acceptors (Lipinski definition) is 2. The highest BCUT2D eigenvalue weighted by Gasteiger charge is 2.08. The maximum atomic E-state index is 11.7. The van der Waals surface area contributed by atoms with Crippen LogP contribution in [-0.2, 0) is 17.9 Å². The molecule has 3 heteroatoms. The van der Waals surface area contributed by atoms with Gasteiger partial charge in [-0.15, -0.1) is 0 Å². The Morgan fingerprint density at radius 2 is 1.82 bits per heavy atom. The first-order chi connectivity index (χ1) is 8.17. The Morgan fingerprint density at radius 3 is 2.35 bits per heavy atom. The molecule has 1 aromatic rings. The van der Waals surface area contributed by atoms with E-state index in [1.54, 1.807) is 4.90 Å². The minimum absolute atomic E-state index is 0.217. The SMILES string of the molecule is CCCCC(=O)N(C)Cc1ccc(CN)cc1. The Hall–Kier alpha value is -1.35. The maximum Gasteiger partial charge on any atom is 0.222 e. The molecule has 1 rings (SSSR count). The van der Waals surface area contributed by atoms with E-state index in [1.165, 1.54) is 0 Å². The van der Waals surface area contributed by atoms with Crippen LogP contribution in [0.15, 0.2) is 24.3 Å². The Balaban J connectivity index is 2.49. The van der Waals surface area contributed by atoms with Crippen molar-refractivity contribution in [1.82, 2.24) is 4.90 Å². The summed E-state index contributed by atoms with van der Waals surface area (Å²) >= 11 is 0. The predicted molar refractivity (Wildman–Crippen MR) is 70.3 cm³/mol. The molecule has 0 radical (unpaired) electrons. The van der Waals surface area contributed by atoms with Crippen LogP contribution < -0.4 is 5.73 Å². The van der Waals surface area contributed by atoms with Crippen molar-refractivity contribution in [2.75, 3.05) is 7.05 Å². The van der Waals surface area contributed by atoms with Gasteiger partial charge in [0, 0.05) is 26.6 Å². The molecule has 94 valence electrons. The van der Waals surface area contributed by atoms with E-state index >= 15 is 0 Å². The van der Waals surface area contributed by atoms with E-state index in [0.29, 0.717) is 19.5 Å². The topological polar surface area (TPSA) is 46.3 Å². The third-order valence-corrected chi connectivity index (χ3v) is 2.85. The average Bonchev–Trinajstić information content (AvgIpc) is 2.36. The number of carbonyl (C=O) groups is 1. The minimum atomic E-state index is 0.217. The first-order valence-electron chi connectivity index (χ1n) is 6.19. The van der Waals surface area contributed by atoms with Crippen LogP contribution in [-0.4, -0.2) is 17.9 Å². The Morgan fingerprint density at radius 1 is 1.24 bits per heavy atom. The summed E-state index contributed by atoms with van der Waals surface area (Å²) in [4.78, 5) is 13.5. The van der Waals surface area contributed by atoms with Crippen LogP contribution in [0.25, 0.3) is 0 Å². The highest BCUT2D eigenvalue weighted by Crippen LogP contribution is 2.08.